The third kappa shape index (κ3) is 4.06. The zero-order valence-corrected chi connectivity index (χ0v) is 17.8. The molecule has 0 unspecified atom stereocenters. The molecule has 8 heteroatoms. The molecule has 1 N–H and O–H groups in total. The van der Waals surface area contributed by atoms with Crippen molar-refractivity contribution in [3.05, 3.63) is 76.9 Å². The molecule has 0 aliphatic carbocycles. The van der Waals surface area contributed by atoms with E-state index in [0.717, 1.165) is 16.6 Å². The Hall–Kier alpha value is -4.09. The number of hydrogen-bond acceptors (Lipinski definition) is 6. The highest BCUT2D eigenvalue weighted by molar-refractivity contribution is 7.99. The quantitative estimate of drug-likeness (QED) is 0.346. The Morgan fingerprint density at radius 3 is 2.62 bits per heavy atom. The van der Waals surface area contributed by atoms with Crippen LogP contribution in [0.5, 0.6) is 0 Å². The second-order valence-electron chi connectivity index (χ2n) is 6.81. The Balaban J connectivity index is 1.82. The summed E-state index contributed by atoms with van der Waals surface area (Å²) in [6, 6.07) is 18.4. The van der Waals surface area contributed by atoms with Gasteiger partial charge in [0.25, 0.3) is 0 Å². The third-order valence-corrected chi connectivity index (χ3v) is 5.80. The second kappa shape index (κ2) is 8.96. The number of imidazole rings is 1. The lowest BCUT2D eigenvalue weighted by atomic mass is 10.1. The molecule has 2 heterocycles. The van der Waals surface area contributed by atoms with Crippen LogP contribution in [-0.4, -0.2) is 39.3 Å². The predicted octanol–water partition coefficient (Wildman–Crippen LogP) is 4.49. The van der Waals surface area contributed by atoms with Gasteiger partial charge in [-0.15, -0.1) is 0 Å². The van der Waals surface area contributed by atoms with E-state index in [1.54, 1.807) is 36.4 Å². The number of aromatic nitrogens is 2. The highest BCUT2D eigenvalue weighted by Gasteiger charge is 2.17. The van der Waals surface area contributed by atoms with Crippen molar-refractivity contribution in [3.63, 3.8) is 0 Å². The lowest BCUT2D eigenvalue weighted by Gasteiger charge is -2.09. The first kappa shape index (κ1) is 21.2. The molecule has 0 atom stereocenters. The number of aliphatic carboxylic acids is 1. The SMILES string of the molecule is COC(=O)c1ccc(/C=C/c2cc(SCC(=O)O)n3c(nc4ccccc43)c2C#N)cc1. The summed E-state index contributed by atoms with van der Waals surface area (Å²) >= 11 is 1.17. The van der Waals surface area contributed by atoms with Gasteiger partial charge < -0.3 is 9.84 Å². The molecule has 2 aromatic carbocycles. The predicted molar refractivity (Wildman–Crippen MR) is 122 cm³/mol. The molecule has 0 radical (unpaired) electrons. The van der Waals surface area contributed by atoms with Crippen molar-refractivity contribution in [2.75, 3.05) is 12.9 Å². The number of carboxylic acids is 1. The number of nitriles is 1. The molecule has 0 saturated heterocycles. The summed E-state index contributed by atoms with van der Waals surface area (Å²) < 4.78 is 6.53. The monoisotopic (exact) mass is 443 g/mol. The Bertz CT molecular complexity index is 1420. The third-order valence-electron chi connectivity index (χ3n) is 4.81. The molecule has 0 spiro atoms. The fourth-order valence-electron chi connectivity index (χ4n) is 3.34. The summed E-state index contributed by atoms with van der Waals surface area (Å²) in [4.78, 5) is 27.4. The summed E-state index contributed by atoms with van der Waals surface area (Å²) in [6.07, 6.45) is 3.61. The number of methoxy groups -OCH3 is 1. The molecule has 4 aromatic rings. The first-order valence-corrected chi connectivity index (χ1v) is 10.6. The van der Waals surface area contributed by atoms with Gasteiger partial charge in [-0.05, 0) is 41.5 Å². The molecule has 0 amide bonds. The van der Waals surface area contributed by atoms with Gasteiger partial charge in [0.15, 0.2) is 5.65 Å². The molecule has 2 aromatic heterocycles. The van der Waals surface area contributed by atoms with Gasteiger partial charge >= 0.3 is 11.9 Å². The lowest BCUT2D eigenvalue weighted by molar-refractivity contribution is -0.133. The first-order valence-electron chi connectivity index (χ1n) is 9.57. The van der Waals surface area contributed by atoms with Crippen molar-refractivity contribution in [2.45, 2.75) is 5.03 Å². The van der Waals surface area contributed by atoms with Crippen molar-refractivity contribution in [3.8, 4) is 6.07 Å². The summed E-state index contributed by atoms with van der Waals surface area (Å²) in [7, 11) is 1.33. The van der Waals surface area contributed by atoms with Crippen LogP contribution < -0.4 is 0 Å². The van der Waals surface area contributed by atoms with Crippen molar-refractivity contribution >= 4 is 52.5 Å². The van der Waals surface area contributed by atoms with E-state index in [4.69, 9.17) is 9.84 Å². The van der Waals surface area contributed by atoms with E-state index in [1.807, 2.05) is 34.7 Å². The number of pyridine rings is 1. The van der Waals surface area contributed by atoms with Gasteiger partial charge in [0, 0.05) is 0 Å². The number of ether oxygens (including phenoxy) is 1. The molecule has 4 rings (SSSR count). The number of fused-ring (bicyclic) bond motifs is 3. The van der Waals surface area contributed by atoms with Crippen LogP contribution in [0.1, 0.15) is 27.0 Å². The van der Waals surface area contributed by atoms with Crippen LogP contribution in [-0.2, 0) is 9.53 Å². The van der Waals surface area contributed by atoms with Crippen LogP contribution in [0.3, 0.4) is 0 Å². The molecular formula is C24H17N3O4S. The number of thioether (sulfide) groups is 1. The van der Waals surface area contributed by atoms with E-state index in [0.29, 0.717) is 27.4 Å². The molecule has 158 valence electrons. The van der Waals surface area contributed by atoms with Crippen LogP contribution in [0.4, 0.5) is 0 Å². The van der Waals surface area contributed by atoms with Crippen LogP contribution >= 0.6 is 11.8 Å². The smallest absolute Gasteiger partial charge is 0.337 e. The summed E-state index contributed by atoms with van der Waals surface area (Å²) in [6.45, 7) is 0. The Morgan fingerprint density at radius 2 is 1.94 bits per heavy atom. The molecular weight excluding hydrogens is 426 g/mol. The minimum atomic E-state index is -0.931. The number of esters is 1. The second-order valence-corrected chi connectivity index (χ2v) is 7.81. The first-order chi connectivity index (χ1) is 15.5. The number of hydrogen-bond donors (Lipinski definition) is 1. The van der Waals surface area contributed by atoms with E-state index in [-0.39, 0.29) is 5.75 Å². The van der Waals surface area contributed by atoms with Crippen molar-refractivity contribution in [2.24, 2.45) is 0 Å². The number of carboxylic acid groups (broad SMARTS) is 1. The topological polar surface area (TPSA) is 105 Å². The van der Waals surface area contributed by atoms with Crippen LogP contribution in [0.15, 0.2) is 59.6 Å². The fourth-order valence-corrected chi connectivity index (χ4v) is 4.13. The van der Waals surface area contributed by atoms with Crippen LogP contribution in [0.2, 0.25) is 0 Å². The van der Waals surface area contributed by atoms with E-state index in [9.17, 15) is 14.9 Å². The number of rotatable bonds is 6. The molecule has 0 saturated carbocycles. The minimum absolute atomic E-state index is 0.119. The normalized spacial score (nSPS) is 11.1. The van der Waals surface area contributed by atoms with Crippen molar-refractivity contribution in [1.29, 1.82) is 5.26 Å². The largest absolute Gasteiger partial charge is 0.481 e. The molecule has 7 nitrogen and oxygen atoms in total. The number of carbonyl (C=O) groups is 2. The van der Waals surface area contributed by atoms with E-state index < -0.39 is 11.9 Å². The highest BCUT2D eigenvalue weighted by Crippen LogP contribution is 2.30. The molecule has 0 fully saturated rings. The van der Waals surface area contributed by atoms with E-state index >= 15 is 0 Å². The van der Waals surface area contributed by atoms with Crippen molar-refractivity contribution < 1.29 is 19.4 Å². The number of benzene rings is 2. The van der Waals surface area contributed by atoms with Gasteiger partial charge in [0.2, 0.25) is 0 Å². The maximum atomic E-state index is 11.6. The summed E-state index contributed by atoms with van der Waals surface area (Å²) in [5, 5.41) is 19.7. The lowest BCUT2D eigenvalue weighted by Crippen LogP contribution is -2.02. The van der Waals surface area contributed by atoms with Gasteiger partial charge in [0.05, 0.1) is 34.5 Å². The highest BCUT2D eigenvalue weighted by atomic mass is 32.2. The van der Waals surface area contributed by atoms with Gasteiger partial charge in [-0.2, -0.15) is 5.26 Å². The average molecular weight is 443 g/mol. The Morgan fingerprint density at radius 1 is 1.19 bits per heavy atom. The standard InChI is InChI=1S/C24H17N3O4S/c1-31-24(30)16-9-6-15(7-10-16)8-11-17-12-21(32-14-22(28)29)27-20-5-3-2-4-19(20)26-23(27)18(17)13-25/h2-12H,14H2,1H3,(H,28,29)/b11-8+. The zero-order valence-electron chi connectivity index (χ0n) is 17.0. The fraction of sp³-hybridized carbons (Fsp3) is 0.0833. The number of carbonyl (C=O) groups excluding carboxylic acids is 1. The zero-order chi connectivity index (χ0) is 22.7. The van der Waals surface area contributed by atoms with Gasteiger partial charge in [0.1, 0.15) is 11.6 Å². The number of nitrogens with zero attached hydrogens (tertiary/aromatic N) is 3. The maximum Gasteiger partial charge on any atom is 0.337 e. The Kier molecular flexibility index (Phi) is 5.92. The molecule has 0 bridgehead atoms. The molecule has 0 aliphatic rings. The summed E-state index contributed by atoms with van der Waals surface area (Å²) in [5.41, 5.74) is 4.30. The van der Waals surface area contributed by atoms with Crippen LogP contribution in [0, 0.1) is 11.3 Å². The number of para-hydroxylation sites is 2. The van der Waals surface area contributed by atoms with E-state index in [1.165, 1.54) is 18.9 Å². The average Bonchev–Trinajstić information content (AvgIpc) is 3.20. The maximum absolute atomic E-state index is 11.6. The van der Waals surface area contributed by atoms with Gasteiger partial charge in [-0.3, -0.25) is 9.20 Å². The minimum Gasteiger partial charge on any atom is -0.481 e. The molecule has 32 heavy (non-hydrogen) atoms. The van der Waals surface area contributed by atoms with E-state index in [2.05, 4.69) is 11.1 Å². The van der Waals surface area contributed by atoms with Crippen molar-refractivity contribution in [1.82, 2.24) is 9.38 Å². The van der Waals surface area contributed by atoms with Crippen LogP contribution in [0.25, 0.3) is 28.8 Å². The molecule has 0 aliphatic heterocycles. The summed E-state index contributed by atoms with van der Waals surface area (Å²) in [5.74, 6) is -1.46. The van der Waals surface area contributed by atoms with Gasteiger partial charge in [-0.1, -0.05) is 48.2 Å². The Labute approximate surface area is 187 Å². The van der Waals surface area contributed by atoms with Gasteiger partial charge in [-0.25, -0.2) is 9.78 Å².